The van der Waals surface area contributed by atoms with Gasteiger partial charge in [-0.2, -0.15) is 0 Å². The highest BCUT2D eigenvalue weighted by Gasteiger charge is 2.26. The number of fused-ring (bicyclic) bond motifs is 1. The van der Waals surface area contributed by atoms with E-state index in [1.807, 2.05) is 20.0 Å². The first-order valence-electron chi connectivity index (χ1n) is 6.26. The van der Waals surface area contributed by atoms with Gasteiger partial charge >= 0.3 is 5.97 Å². The second kappa shape index (κ2) is 4.48. The first-order chi connectivity index (χ1) is 8.44. The normalized spacial score (nSPS) is 11.9. The minimum atomic E-state index is -0.763. The summed E-state index contributed by atoms with van der Waals surface area (Å²) in [5.74, 6) is -0.763. The Balaban J connectivity index is 2.53. The molecule has 0 bridgehead atoms. The largest absolute Gasteiger partial charge is 0.481 e. The number of carboxylic acids is 1. The molecule has 2 N–H and O–H groups in total. The lowest BCUT2D eigenvalue weighted by Gasteiger charge is -2.22. The maximum absolute atomic E-state index is 11.0. The third-order valence-electron chi connectivity index (χ3n) is 3.48. The predicted molar refractivity (Wildman–Crippen MR) is 73.0 cm³/mol. The highest BCUT2D eigenvalue weighted by molar-refractivity contribution is 5.85. The van der Waals surface area contributed by atoms with E-state index in [2.05, 4.69) is 30.1 Å². The molecule has 0 radical (unpaired) electrons. The lowest BCUT2D eigenvalue weighted by Crippen LogP contribution is -2.21. The number of aromatic amines is 1. The van der Waals surface area contributed by atoms with Crippen molar-refractivity contribution in [3.05, 3.63) is 35.5 Å². The average Bonchev–Trinajstić information content (AvgIpc) is 2.70. The molecule has 0 fully saturated rings. The molecule has 2 rings (SSSR count). The Hall–Kier alpha value is -1.77. The van der Waals surface area contributed by atoms with Gasteiger partial charge in [-0.3, -0.25) is 4.79 Å². The summed E-state index contributed by atoms with van der Waals surface area (Å²) in [5, 5.41) is 10.1. The van der Waals surface area contributed by atoms with Crippen LogP contribution in [-0.2, 0) is 16.6 Å². The van der Waals surface area contributed by atoms with Crippen molar-refractivity contribution in [2.24, 2.45) is 0 Å². The van der Waals surface area contributed by atoms with Gasteiger partial charge in [0.25, 0.3) is 0 Å². The number of nitrogens with one attached hydrogen (secondary N) is 1. The van der Waals surface area contributed by atoms with Gasteiger partial charge in [0.1, 0.15) is 0 Å². The summed E-state index contributed by atoms with van der Waals surface area (Å²) in [6.07, 6.45) is 3.06. The van der Waals surface area contributed by atoms with Crippen molar-refractivity contribution in [2.45, 2.75) is 39.0 Å². The van der Waals surface area contributed by atoms with Crippen molar-refractivity contribution >= 4 is 16.9 Å². The van der Waals surface area contributed by atoms with E-state index in [4.69, 9.17) is 5.11 Å². The molecule has 0 amide bonds. The Bertz CT molecular complexity index is 581. The molecular weight excluding hydrogens is 226 g/mol. The molecule has 0 atom stereocenters. The highest BCUT2D eigenvalue weighted by Crippen LogP contribution is 2.33. The Morgan fingerprint density at radius 3 is 2.72 bits per heavy atom. The molecule has 1 heterocycles. The molecule has 1 aromatic carbocycles. The number of carboxylic acid groups (broad SMARTS) is 1. The molecule has 0 aliphatic carbocycles. The van der Waals surface area contributed by atoms with Gasteiger partial charge in [-0.1, -0.05) is 26.8 Å². The van der Waals surface area contributed by atoms with Crippen LogP contribution >= 0.6 is 0 Å². The molecule has 0 saturated heterocycles. The van der Waals surface area contributed by atoms with Gasteiger partial charge in [-0.25, -0.2) is 0 Å². The van der Waals surface area contributed by atoms with E-state index in [1.54, 1.807) is 0 Å². The van der Waals surface area contributed by atoms with E-state index in [0.717, 1.165) is 22.9 Å². The molecule has 18 heavy (non-hydrogen) atoms. The fourth-order valence-electron chi connectivity index (χ4n) is 2.42. The third kappa shape index (κ3) is 2.26. The summed E-state index contributed by atoms with van der Waals surface area (Å²) >= 11 is 0. The average molecular weight is 245 g/mol. The topological polar surface area (TPSA) is 53.1 Å². The van der Waals surface area contributed by atoms with Gasteiger partial charge < -0.3 is 10.1 Å². The standard InChI is InChI=1S/C15H19NO2/c1-4-10-5-6-13-11(7-10)12(9-16-13)15(2,3)8-14(17)18/h5-7,9,16H,4,8H2,1-3H3,(H,17,18). The van der Waals surface area contributed by atoms with Crippen molar-refractivity contribution in [2.75, 3.05) is 0 Å². The number of aromatic nitrogens is 1. The molecular formula is C15H19NO2. The van der Waals surface area contributed by atoms with Gasteiger partial charge in [0.2, 0.25) is 0 Å². The van der Waals surface area contributed by atoms with Crippen molar-refractivity contribution in [1.82, 2.24) is 4.98 Å². The molecule has 3 heteroatoms. The molecule has 2 aromatic rings. The van der Waals surface area contributed by atoms with Crippen LogP contribution in [0.15, 0.2) is 24.4 Å². The van der Waals surface area contributed by atoms with Crippen LogP contribution in [0, 0.1) is 0 Å². The summed E-state index contributed by atoms with van der Waals surface area (Å²) in [5.41, 5.74) is 3.06. The van der Waals surface area contributed by atoms with Gasteiger partial charge in [-0.05, 0) is 29.7 Å². The van der Waals surface area contributed by atoms with E-state index < -0.39 is 5.97 Å². The summed E-state index contributed by atoms with van der Waals surface area (Å²) in [4.78, 5) is 14.2. The van der Waals surface area contributed by atoms with E-state index in [-0.39, 0.29) is 11.8 Å². The maximum Gasteiger partial charge on any atom is 0.304 e. The van der Waals surface area contributed by atoms with Gasteiger partial charge in [-0.15, -0.1) is 0 Å². The zero-order chi connectivity index (χ0) is 13.3. The monoisotopic (exact) mass is 245 g/mol. The van der Waals surface area contributed by atoms with Crippen LogP contribution in [0.2, 0.25) is 0 Å². The van der Waals surface area contributed by atoms with Gasteiger partial charge in [0, 0.05) is 22.5 Å². The minimum absolute atomic E-state index is 0.135. The zero-order valence-corrected chi connectivity index (χ0v) is 11.1. The number of hydrogen-bond donors (Lipinski definition) is 2. The summed E-state index contributed by atoms with van der Waals surface area (Å²) in [6, 6.07) is 6.33. The molecule has 1 aromatic heterocycles. The van der Waals surface area contributed by atoms with Crippen molar-refractivity contribution in [1.29, 1.82) is 0 Å². The summed E-state index contributed by atoms with van der Waals surface area (Å²) in [6.45, 7) is 6.07. The van der Waals surface area contributed by atoms with E-state index >= 15 is 0 Å². The van der Waals surface area contributed by atoms with Crippen LogP contribution in [0.3, 0.4) is 0 Å². The number of hydrogen-bond acceptors (Lipinski definition) is 1. The molecule has 0 spiro atoms. The van der Waals surface area contributed by atoms with Crippen LogP contribution < -0.4 is 0 Å². The minimum Gasteiger partial charge on any atom is -0.481 e. The van der Waals surface area contributed by atoms with E-state index in [9.17, 15) is 4.79 Å². The number of H-pyrrole nitrogens is 1. The molecule has 0 saturated carbocycles. The molecule has 0 unspecified atom stereocenters. The van der Waals surface area contributed by atoms with Crippen LogP contribution in [0.25, 0.3) is 10.9 Å². The van der Waals surface area contributed by atoms with E-state index in [0.29, 0.717) is 0 Å². The molecule has 96 valence electrons. The SMILES string of the molecule is CCc1ccc2[nH]cc(C(C)(C)CC(=O)O)c2c1. The van der Waals surface area contributed by atoms with Crippen LogP contribution in [0.1, 0.15) is 38.3 Å². The molecule has 0 aliphatic heterocycles. The lowest BCUT2D eigenvalue weighted by molar-refractivity contribution is -0.138. The molecule has 0 aliphatic rings. The maximum atomic E-state index is 11.0. The Kier molecular flexibility index (Phi) is 3.16. The summed E-state index contributed by atoms with van der Waals surface area (Å²) in [7, 11) is 0. The first-order valence-corrected chi connectivity index (χ1v) is 6.26. The quantitative estimate of drug-likeness (QED) is 0.866. The van der Waals surface area contributed by atoms with Crippen molar-refractivity contribution in [3.8, 4) is 0 Å². The second-order valence-corrected chi connectivity index (χ2v) is 5.39. The van der Waals surface area contributed by atoms with Crippen molar-refractivity contribution < 1.29 is 9.90 Å². The number of rotatable bonds is 4. The van der Waals surface area contributed by atoms with Crippen LogP contribution in [-0.4, -0.2) is 16.1 Å². The Morgan fingerprint density at radius 1 is 1.39 bits per heavy atom. The van der Waals surface area contributed by atoms with Gasteiger partial charge in [0.15, 0.2) is 0 Å². The first kappa shape index (κ1) is 12.7. The highest BCUT2D eigenvalue weighted by atomic mass is 16.4. The zero-order valence-electron chi connectivity index (χ0n) is 11.1. The third-order valence-corrected chi connectivity index (χ3v) is 3.48. The van der Waals surface area contributed by atoms with Gasteiger partial charge in [0.05, 0.1) is 6.42 Å². The number of benzene rings is 1. The molecule has 3 nitrogen and oxygen atoms in total. The van der Waals surface area contributed by atoms with Crippen LogP contribution in [0.4, 0.5) is 0 Å². The number of aryl methyl sites for hydroxylation is 1. The predicted octanol–water partition coefficient (Wildman–Crippen LogP) is 3.48. The lowest BCUT2D eigenvalue weighted by atomic mass is 9.81. The summed E-state index contributed by atoms with van der Waals surface area (Å²) < 4.78 is 0. The number of aliphatic carboxylic acids is 1. The smallest absolute Gasteiger partial charge is 0.304 e. The van der Waals surface area contributed by atoms with Crippen LogP contribution in [0.5, 0.6) is 0 Å². The number of carbonyl (C=O) groups is 1. The van der Waals surface area contributed by atoms with Crippen molar-refractivity contribution in [3.63, 3.8) is 0 Å². The fraction of sp³-hybridized carbons (Fsp3) is 0.400. The fourth-order valence-corrected chi connectivity index (χ4v) is 2.42. The van der Waals surface area contributed by atoms with E-state index in [1.165, 1.54) is 5.56 Å². The Labute approximate surface area is 107 Å². The second-order valence-electron chi connectivity index (χ2n) is 5.39. The Morgan fingerprint density at radius 2 is 2.11 bits per heavy atom.